The Morgan fingerprint density at radius 2 is 2.08 bits per heavy atom. The minimum atomic E-state index is -4.72. The number of carbonyl (C=O) groups is 2. The molecule has 0 saturated carbocycles. The number of nitrogens with two attached hydrogens (primary N) is 1. The molecule has 0 aromatic heterocycles. The van der Waals surface area contributed by atoms with E-state index in [0.29, 0.717) is 5.56 Å². The Labute approximate surface area is 150 Å². The summed E-state index contributed by atoms with van der Waals surface area (Å²) in [5.41, 5.74) is 0.675. The maximum absolute atomic E-state index is 12.4. The van der Waals surface area contributed by atoms with Crippen LogP contribution in [0.25, 0.3) is 0 Å². The number of piperidine rings is 1. The van der Waals surface area contributed by atoms with Gasteiger partial charge >= 0.3 is 16.4 Å². The molecule has 3 atom stereocenters. The number of hydrogen-bond donors (Lipinski definition) is 4. The van der Waals surface area contributed by atoms with Crippen molar-refractivity contribution >= 4 is 30.8 Å². The summed E-state index contributed by atoms with van der Waals surface area (Å²) in [4.78, 5) is 24.5. The van der Waals surface area contributed by atoms with Crippen LogP contribution in [0.5, 0.6) is 0 Å². The van der Waals surface area contributed by atoms with E-state index in [9.17, 15) is 22.6 Å². The second kappa shape index (κ2) is 8.14. The minimum absolute atomic E-state index is 0.0616. The van der Waals surface area contributed by atoms with Crippen LogP contribution in [0.1, 0.15) is 12.0 Å². The van der Waals surface area contributed by atoms with Gasteiger partial charge in [0.05, 0.1) is 14.5 Å². The summed E-state index contributed by atoms with van der Waals surface area (Å²) < 4.78 is 49.9. The van der Waals surface area contributed by atoms with Gasteiger partial charge in [-0.05, 0) is 12.0 Å². The summed E-state index contributed by atoms with van der Waals surface area (Å²) in [6.45, 7) is -0.179. The molecule has 2 unspecified atom stereocenters. The zero-order valence-corrected chi connectivity index (χ0v) is 15.5. The Hall–Kier alpha value is -1.98. The Morgan fingerprint density at radius 1 is 1.42 bits per heavy atom. The summed E-state index contributed by atoms with van der Waals surface area (Å²) in [5, 5.41) is 0.744. The van der Waals surface area contributed by atoms with E-state index in [1.807, 2.05) is 0 Å². The third-order valence-corrected chi connectivity index (χ3v) is 5.57. The van der Waals surface area contributed by atoms with Crippen molar-refractivity contribution in [2.75, 3.05) is 6.54 Å². The van der Waals surface area contributed by atoms with Gasteiger partial charge in [0.2, 0.25) is 0 Å². The largest absolute Gasteiger partial charge is 0.445 e. The van der Waals surface area contributed by atoms with Crippen molar-refractivity contribution in [3.63, 3.8) is 0 Å². The second-order valence-corrected chi connectivity index (χ2v) is 7.94. The highest BCUT2D eigenvalue weighted by molar-refractivity contribution is 7.83. The highest BCUT2D eigenvalue weighted by Gasteiger charge is 2.53. The summed E-state index contributed by atoms with van der Waals surface area (Å²) >= 11 is 0. The van der Waals surface area contributed by atoms with Gasteiger partial charge in [0, 0.05) is 6.54 Å². The smallest absolute Gasteiger partial charge is 0.408 e. The Bertz CT molecular complexity index is 791. The quantitative estimate of drug-likeness (QED) is 0.207. The lowest BCUT2D eigenvalue weighted by Gasteiger charge is -2.42. The van der Waals surface area contributed by atoms with E-state index in [0.717, 1.165) is 5.01 Å². The first-order valence-electron chi connectivity index (χ1n) is 7.44. The molecule has 144 valence electrons. The van der Waals surface area contributed by atoms with E-state index in [-0.39, 0.29) is 19.6 Å². The number of rotatable bonds is 6. The summed E-state index contributed by atoms with van der Waals surface area (Å²) in [6, 6.07) is 7.32. The lowest BCUT2D eigenvalue weighted by atomic mass is 9.99. The molecule has 1 aromatic rings. The molecule has 5 N–H and O–H groups in total. The van der Waals surface area contributed by atoms with Crippen molar-refractivity contribution in [1.29, 1.82) is 0 Å². The molecule has 1 aromatic carbocycles. The van der Waals surface area contributed by atoms with Crippen LogP contribution in [0.3, 0.4) is 0 Å². The molecule has 2 amide bonds. The molecule has 1 fully saturated rings. The van der Waals surface area contributed by atoms with Crippen molar-refractivity contribution in [2.24, 2.45) is 5.84 Å². The van der Waals surface area contributed by atoms with E-state index in [4.69, 9.17) is 15.1 Å². The molecule has 1 aliphatic rings. The molecule has 2 rings (SSSR count). The topological polar surface area (TPSA) is 168 Å². The third-order valence-electron chi connectivity index (χ3n) is 3.82. The average molecular weight is 406 g/mol. The van der Waals surface area contributed by atoms with Crippen LogP contribution in [0.2, 0.25) is 0 Å². The van der Waals surface area contributed by atoms with Crippen molar-refractivity contribution in [2.45, 2.75) is 24.3 Å². The van der Waals surface area contributed by atoms with Crippen LogP contribution in [0.15, 0.2) is 30.3 Å². The standard InChI is InChI=1S/C13H19N4O7PS/c14-17-7-6-10(16-26(21,22)23)13(25-20,11(17)18)15-12(19)24-8-9-4-2-1-3-5-9/h1-5,10,16H,6-8,14,25H2,(H,15,19)(H,21,22,23)/t10?,13-/m1/s1. The molecule has 1 heterocycles. The maximum atomic E-state index is 12.4. The number of alkyl carbamates (subject to hydrolysis) is 1. The van der Waals surface area contributed by atoms with E-state index in [1.165, 1.54) is 0 Å². The number of carbonyl (C=O) groups excluding carboxylic acids is 2. The van der Waals surface area contributed by atoms with Gasteiger partial charge in [-0.3, -0.25) is 19.7 Å². The summed E-state index contributed by atoms with van der Waals surface area (Å²) in [6.07, 6.45) is -1.15. The van der Waals surface area contributed by atoms with Gasteiger partial charge < -0.3 is 9.30 Å². The fraction of sp³-hybridized carbons (Fsp3) is 0.385. The fourth-order valence-electron chi connectivity index (χ4n) is 2.55. The lowest BCUT2D eigenvalue weighted by molar-refractivity contribution is -0.138. The maximum Gasteiger partial charge on any atom is 0.408 e. The van der Waals surface area contributed by atoms with Gasteiger partial charge in [0.1, 0.15) is 6.61 Å². The molecule has 26 heavy (non-hydrogen) atoms. The number of benzene rings is 1. The van der Waals surface area contributed by atoms with Crippen molar-refractivity contribution < 1.29 is 31.9 Å². The van der Waals surface area contributed by atoms with Crippen LogP contribution in [0.4, 0.5) is 4.79 Å². The second-order valence-electron chi connectivity index (χ2n) is 5.61. The number of ether oxygens (including phenoxy) is 1. The predicted octanol–water partition coefficient (Wildman–Crippen LogP) is -0.768. The molecule has 0 bridgehead atoms. The van der Waals surface area contributed by atoms with Crippen LogP contribution in [-0.4, -0.2) is 47.8 Å². The normalized spacial score (nSPS) is 24.0. The molecular weight excluding hydrogens is 387 g/mol. The molecule has 1 aliphatic heterocycles. The first-order valence-corrected chi connectivity index (χ1v) is 9.93. The van der Waals surface area contributed by atoms with Gasteiger partial charge in [-0.2, -0.15) is 13.1 Å². The molecule has 1 saturated heterocycles. The number of nitrogens with one attached hydrogen (secondary N) is 2. The number of amides is 2. The van der Waals surface area contributed by atoms with E-state index in [1.54, 1.807) is 35.1 Å². The highest BCUT2D eigenvalue weighted by atomic mass is 32.2. The molecule has 0 spiro atoms. The van der Waals surface area contributed by atoms with Gasteiger partial charge in [-0.15, -0.1) is 0 Å². The number of nitrogens with zero attached hydrogens (tertiary/aromatic N) is 1. The third kappa shape index (κ3) is 4.80. The van der Waals surface area contributed by atoms with Crippen LogP contribution >= 0.6 is 8.46 Å². The Kier molecular flexibility index (Phi) is 6.37. The van der Waals surface area contributed by atoms with Gasteiger partial charge in [0.25, 0.3) is 5.91 Å². The van der Waals surface area contributed by atoms with Crippen molar-refractivity contribution in [3.8, 4) is 0 Å². The van der Waals surface area contributed by atoms with Crippen molar-refractivity contribution in [1.82, 2.24) is 15.0 Å². The molecule has 13 heteroatoms. The minimum Gasteiger partial charge on any atom is -0.445 e. The summed E-state index contributed by atoms with van der Waals surface area (Å²) in [7, 11) is -6.78. The monoisotopic (exact) mass is 406 g/mol. The first-order chi connectivity index (χ1) is 12.2. The molecule has 11 nitrogen and oxygen atoms in total. The first kappa shape index (κ1) is 20.3. The van der Waals surface area contributed by atoms with Crippen LogP contribution < -0.4 is 15.9 Å². The zero-order chi connectivity index (χ0) is 19.4. The highest BCUT2D eigenvalue weighted by Crippen LogP contribution is 2.32. The SMILES string of the molecule is NN1CCC(NS(=O)(=O)O)[C@@](NC(=O)OCc2ccccc2)([PH2]=O)C1=O. The Morgan fingerprint density at radius 3 is 2.65 bits per heavy atom. The predicted molar refractivity (Wildman–Crippen MR) is 91.9 cm³/mol. The lowest BCUT2D eigenvalue weighted by Crippen LogP contribution is -2.71. The molecule has 0 radical (unpaired) electrons. The number of hydrazine groups is 1. The van der Waals surface area contributed by atoms with E-state index < -0.39 is 42.1 Å². The van der Waals surface area contributed by atoms with Gasteiger partial charge in [-0.1, -0.05) is 30.3 Å². The number of hydrogen-bond acceptors (Lipinski definition) is 7. The molecular formula is C13H19N4O7PS. The Balaban J connectivity index is 2.18. The average Bonchev–Trinajstić information content (AvgIpc) is 2.59. The molecule has 0 aliphatic carbocycles. The van der Waals surface area contributed by atoms with Gasteiger partial charge in [0.15, 0.2) is 5.28 Å². The van der Waals surface area contributed by atoms with Gasteiger partial charge in [-0.25, -0.2) is 10.6 Å². The zero-order valence-electron chi connectivity index (χ0n) is 13.5. The fourth-order valence-corrected chi connectivity index (χ4v) is 4.19. The van der Waals surface area contributed by atoms with E-state index in [2.05, 4.69) is 5.32 Å². The summed E-state index contributed by atoms with van der Waals surface area (Å²) in [5.74, 6) is 4.57. The van der Waals surface area contributed by atoms with Crippen LogP contribution in [0, 0.1) is 0 Å². The van der Waals surface area contributed by atoms with Crippen molar-refractivity contribution in [3.05, 3.63) is 35.9 Å². The van der Waals surface area contributed by atoms with Crippen LogP contribution in [-0.2, 0) is 31.0 Å². The van der Waals surface area contributed by atoms with E-state index >= 15 is 0 Å².